The molecule has 2 aromatic heterocycles. The lowest BCUT2D eigenvalue weighted by atomic mass is 10.0. The summed E-state index contributed by atoms with van der Waals surface area (Å²) in [7, 11) is 0. The van der Waals surface area contributed by atoms with Gasteiger partial charge in [0.2, 0.25) is 11.9 Å². The standard InChI is InChI=1S/C27H29N7O/c1-19(35)31-22-8-10-23(11-9-22)32-27-30-18-21-5-4-6-24(26(21)33-27)20-7-12-25(29-17-20)28-13-16-34-14-2-3-15-34/h4-12,17-18H,2-3,13-16H2,1H3,(H,28,29)(H,31,35)(H,30,32,33). The summed E-state index contributed by atoms with van der Waals surface area (Å²) in [6.45, 7) is 5.85. The molecule has 0 spiro atoms. The minimum absolute atomic E-state index is 0.100. The lowest BCUT2D eigenvalue weighted by molar-refractivity contribution is -0.114. The van der Waals surface area contributed by atoms with E-state index in [1.807, 2.05) is 54.9 Å². The Morgan fingerprint density at radius 2 is 1.74 bits per heavy atom. The number of benzene rings is 2. The van der Waals surface area contributed by atoms with Crippen LogP contribution < -0.4 is 16.0 Å². The van der Waals surface area contributed by atoms with E-state index >= 15 is 0 Å². The van der Waals surface area contributed by atoms with Gasteiger partial charge in [0.1, 0.15) is 5.82 Å². The van der Waals surface area contributed by atoms with Gasteiger partial charge in [-0.25, -0.2) is 15.0 Å². The normalized spacial score (nSPS) is 13.6. The van der Waals surface area contributed by atoms with E-state index in [2.05, 4.69) is 43.0 Å². The predicted molar refractivity (Wildman–Crippen MR) is 141 cm³/mol. The minimum Gasteiger partial charge on any atom is -0.369 e. The first kappa shape index (κ1) is 22.7. The molecular weight excluding hydrogens is 438 g/mol. The van der Waals surface area contributed by atoms with Crippen LogP contribution >= 0.6 is 0 Å². The van der Waals surface area contributed by atoms with Crippen LogP contribution in [-0.2, 0) is 4.79 Å². The topological polar surface area (TPSA) is 95.1 Å². The summed E-state index contributed by atoms with van der Waals surface area (Å²) in [6.07, 6.45) is 6.33. The van der Waals surface area contributed by atoms with Crippen molar-refractivity contribution in [3.8, 4) is 11.1 Å². The molecule has 2 aromatic carbocycles. The molecule has 0 bridgehead atoms. The lowest BCUT2D eigenvalue weighted by Gasteiger charge is -2.15. The third-order valence-electron chi connectivity index (χ3n) is 6.08. The van der Waals surface area contributed by atoms with E-state index in [0.717, 1.165) is 52.3 Å². The second-order valence-corrected chi connectivity index (χ2v) is 8.73. The number of aromatic nitrogens is 3. The zero-order valence-electron chi connectivity index (χ0n) is 19.8. The maximum atomic E-state index is 11.2. The van der Waals surface area contributed by atoms with Crippen molar-refractivity contribution in [3.05, 3.63) is 67.0 Å². The number of carbonyl (C=O) groups is 1. The quantitative estimate of drug-likeness (QED) is 0.339. The van der Waals surface area contributed by atoms with Crippen molar-refractivity contribution in [1.29, 1.82) is 0 Å². The van der Waals surface area contributed by atoms with Gasteiger partial charge in [0.15, 0.2) is 0 Å². The van der Waals surface area contributed by atoms with Crippen LogP contribution in [0.4, 0.5) is 23.1 Å². The Kier molecular flexibility index (Phi) is 6.81. The van der Waals surface area contributed by atoms with Crippen LogP contribution in [0.5, 0.6) is 0 Å². The summed E-state index contributed by atoms with van der Waals surface area (Å²) < 4.78 is 0. The molecule has 0 aliphatic carbocycles. The largest absolute Gasteiger partial charge is 0.369 e. The van der Waals surface area contributed by atoms with Crippen molar-refractivity contribution in [2.75, 3.05) is 42.1 Å². The van der Waals surface area contributed by atoms with E-state index in [9.17, 15) is 4.79 Å². The maximum Gasteiger partial charge on any atom is 0.227 e. The van der Waals surface area contributed by atoms with Gasteiger partial charge in [-0.2, -0.15) is 0 Å². The molecule has 1 saturated heterocycles. The van der Waals surface area contributed by atoms with Gasteiger partial charge >= 0.3 is 0 Å². The molecule has 0 atom stereocenters. The highest BCUT2D eigenvalue weighted by Gasteiger charge is 2.11. The summed E-state index contributed by atoms with van der Waals surface area (Å²) in [6, 6.07) is 17.6. The van der Waals surface area contributed by atoms with Crippen LogP contribution in [0.15, 0.2) is 67.0 Å². The van der Waals surface area contributed by atoms with Crippen LogP contribution in [0.1, 0.15) is 19.8 Å². The third kappa shape index (κ3) is 5.73. The molecule has 178 valence electrons. The van der Waals surface area contributed by atoms with Crippen molar-refractivity contribution in [2.45, 2.75) is 19.8 Å². The number of anilines is 4. The highest BCUT2D eigenvalue weighted by Crippen LogP contribution is 2.28. The summed E-state index contributed by atoms with van der Waals surface area (Å²) >= 11 is 0. The van der Waals surface area contributed by atoms with Crippen molar-refractivity contribution in [1.82, 2.24) is 19.9 Å². The molecule has 3 N–H and O–H groups in total. The molecule has 1 fully saturated rings. The number of amides is 1. The monoisotopic (exact) mass is 467 g/mol. The van der Waals surface area contributed by atoms with Crippen molar-refractivity contribution in [2.24, 2.45) is 0 Å². The van der Waals surface area contributed by atoms with E-state index < -0.39 is 0 Å². The van der Waals surface area contributed by atoms with Crippen molar-refractivity contribution >= 4 is 40.0 Å². The molecule has 0 unspecified atom stereocenters. The second-order valence-electron chi connectivity index (χ2n) is 8.73. The fourth-order valence-electron chi connectivity index (χ4n) is 4.32. The third-order valence-corrected chi connectivity index (χ3v) is 6.08. The Balaban J connectivity index is 1.31. The number of para-hydroxylation sites is 1. The molecule has 1 aliphatic heterocycles. The summed E-state index contributed by atoms with van der Waals surface area (Å²) in [5.74, 6) is 1.29. The molecule has 4 aromatic rings. The average Bonchev–Trinajstić information content (AvgIpc) is 3.39. The highest BCUT2D eigenvalue weighted by atomic mass is 16.1. The number of pyridine rings is 1. The van der Waals surface area contributed by atoms with E-state index in [0.29, 0.717) is 5.95 Å². The minimum atomic E-state index is -0.100. The Bertz CT molecular complexity index is 1300. The number of rotatable bonds is 8. The summed E-state index contributed by atoms with van der Waals surface area (Å²) in [4.78, 5) is 27.6. The zero-order valence-corrected chi connectivity index (χ0v) is 19.8. The second kappa shape index (κ2) is 10.5. The van der Waals surface area contributed by atoms with Crippen molar-refractivity contribution in [3.63, 3.8) is 0 Å². The smallest absolute Gasteiger partial charge is 0.227 e. The fourth-order valence-corrected chi connectivity index (χ4v) is 4.32. The van der Waals surface area contributed by atoms with E-state index in [1.54, 1.807) is 0 Å². The van der Waals surface area contributed by atoms with Gasteiger partial charge < -0.3 is 20.9 Å². The number of nitrogens with one attached hydrogen (secondary N) is 3. The Hall–Kier alpha value is -4.04. The van der Waals surface area contributed by atoms with Gasteiger partial charge in [0.05, 0.1) is 5.52 Å². The molecule has 1 aliphatic rings. The molecular formula is C27H29N7O. The number of hydrogen-bond acceptors (Lipinski definition) is 7. The molecule has 0 saturated carbocycles. The van der Waals surface area contributed by atoms with Crippen LogP contribution in [0.3, 0.4) is 0 Å². The van der Waals surface area contributed by atoms with E-state index in [1.165, 1.54) is 32.9 Å². The number of likely N-dealkylation sites (tertiary alicyclic amines) is 1. The predicted octanol–water partition coefficient (Wildman–Crippen LogP) is 4.90. The fraction of sp³-hybridized carbons (Fsp3) is 0.259. The van der Waals surface area contributed by atoms with Crippen LogP contribution in [0.2, 0.25) is 0 Å². The number of carbonyl (C=O) groups excluding carboxylic acids is 1. The van der Waals surface area contributed by atoms with Crippen LogP contribution in [0.25, 0.3) is 22.0 Å². The lowest BCUT2D eigenvalue weighted by Crippen LogP contribution is -2.26. The Morgan fingerprint density at radius 1 is 0.943 bits per heavy atom. The van der Waals surface area contributed by atoms with Gasteiger partial charge in [0.25, 0.3) is 0 Å². The van der Waals surface area contributed by atoms with Gasteiger partial charge in [-0.05, 0) is 62.3 Å². The molecule has 8 heteroatoms. The van der Waals surface area contributed by atoms with E-state index in [4.69, 9.17) is 4.98 Å². The van der Waals surface area contributed by atoms with Gasteiger partial charge in [0, 0.05) is 60.3 Å². The summed E-state index contributed by atoms with van der Waals surface area (Å²) in [5.41, 5.74) is 4.44. The average molecular weight is 468 g/mol. The first-order valence-corrected chi connectivity index (χ1v) is 12.0. The van der Waals surface area contributed by atoms with Gasteiger partial charge in [-0.3, -0.25) is 4.79 Å². The molecule has 1 amide bonds. The first-order valence-electron chi connectivity index (χ1n) is 12.0. The Morgan fingerprint density at radius 3 is 2.49 bits per heavy atom. The molecule has 35 heavy (non-hydrogen) atoms. The Labute approximate surface area is 204 Å². The van der Waals surface area contributed by atoms with Gasteiger partial charge in [-0.15, -0.1) is 0 Å². The van der Waals surface area contributed by atoms with Crippen LogP contribution in [-0.4, -0.2) is 51.9 Å². The van der Waals surface area contributed by atoms with Gasteiger partial charge in [-0.1, -0.05) is 18.2 Å². The number of nitrogens with zero attached hydrogens (tertiary/aromatic N) is 4. The highest BCUT2D eigenvalue weighted by molar-refractivity contribution is 5.94. The first-order chi connectivity index (χ1) is 17.1. The number of hydrogen-bond donors (Lipinski definition) is 3. The molecule has 3 heterocycles. The molecule has 8 nitrogen and oxygen atoms in total. The molecule has 5 rings (SSSR count). The van der Waals surface area contributed by atoms with Crippen molar-refractivity contribution < 1.29 is 4.79 Å². The van der Waals surface area contributed by atoms with E-state index in [-0.39, 0.29) is 5.91 Å². The number of fused-ring (bicyclic) bond motifs is 1. The zero-order chi connectivity index (χ0) is 24.0. The van der Waals surface area contributed by atoms with Crippen LogP contribution in [0, 0.1) is 0 Å². The molecule has 0 radical (unpaired) electrons. The SMILES string of the molecule is CC(=O)Nc1ccc(Nc2ncc3cccc(-c4ccc(NCCN5CCCC5)nc4)c3n2)cc1. The maximum absolute atomic E-state index is 11.2. The summed E-state index contributed by atoms with van der Waals surface area (Å²) in [5, 5.41) is 10.4.